The summed E-state index contributed by atoms with van der Waals surface area (Å²) >= 11 is -0.692. The van der Waals surface area contributed by atoms with E-state index >= 15 is 0 Å². The second kappa shape index (κ2) is 10.1. The fourth-order valence-electron chi connectivity index (χ4n) is 2.30. The van der Waals surface area contributed by atoms with E-state index in [4.69, 9.17) is 0 Å². The molecule has 20 heavy (non-hydrogen) atoms. The number of rotatable bonds is 4. The van der Waals surface area contributed by atoms with Crippen molar-refractivity contribution in [2.24, 2.45) is 0 Å². The van der Waals surface area contributed by atoms with E-state index in [0.29, 0.717) is 9.49 Å². The van der Waals surface area contributed by atoms with Crippen LogP contribution in [0, 0.1) is 0 Å². The molecule has 1 aliphatic rings. The molecule has 0 saturated carbocycles. The van der Waals surface area contributed by atoms with Crippen LogP contribution in [0.5, 0.6) is 0 Å². The van der Waals surface area contributed by atoms with E-state index in [9.17, 15) is 0 Å². The Labute approximate surface area is 157 Å². The molecule has 0 spiro atoms. The van der Waals surface area contributed by atoms with Gasteiger partial charge in [-0.15, -0.1) is 0 Å². The minimum atomic E-state index is -0.374. The summed E-state index contributed by atoms with van der Waals surface area (Å²) in [6, 6.07) is 0. The predicted molar refractivity (Wildman–Crippen MR) is 107 cm³/mol. The minimum absolute atomic E-state index is 0.318. The van der Waals surface area contributed by atoms with E-state index in [2.05, 4.69) is 77.3 Å². The first-order chi connectivity index (χ1) is 9.38. The summed E-state index contributed by atoms with van der Waals surface area (Å²) in [4.78, 5) is 0. The molecule has 1 rings (SSSR count). The van der Waals surface area contributed by atoms with Gasteiger partial charge in [-0.25, -0.2) is 0 Å². The molecule has 0 aromatic heterocycles. The Hall–Kier alpha value is 3.00. The fraction of sp³-hybridized carbons (Fsp3) is 1.00. The van der Waals surface area contributed by atoms with Crippen molar-refractivity contribution in [2.45, 2.75) is 87.2 Å². The molecule has 4 radical (unpaired) electrons. The van der Waals surface area contributed by atoms with Gasteiger partial charge >= 0.3 is 160 Å². The van der Waals surface area contributed by atoms with Crippen LogP contribution < -0.4 is 0 Å². The van der Waals surface area contributed by atoms with Gasteiger partial charge in [-0.1, -0.05) is 0 Å². The van der Waals surface area contributed by atoms with Crippen LogP contribution in [0.25, 0.3) is 0 Å². The molecule has 4 atom stereocenters. The molecular weight excluding hydrogens is 534 g/mol. The monoisotopic (exact) mass is 564 g/mol. The molecule has 0 N–H and O–H groups in total. The molecule has 0 amide bonds. The summed E-state index contributed by atoms with van der Waals surface area (Å²) in [7, 11) is 9.58. The standard InChI is InChI=1S/2C7H16S2.2Sn/c2*1-4-5-7(3,9)6(2)8;;/h2*6,8-9H,4-5H2,1-3H3;;/q;;2*+2/p-4. The molecule has 0 nitrogen and oxygen atoms in total. The van der Waals surface area contributed by atoms with Crippen LogP contribution in [0.1, 0.15) is 67.2 Å². The molecule has 0 bridgehead atoms. The summed E-state index contributed by atoms with van der Waals surface area (Å²) in [5.41, 5.74) is 0. The Morgan fingerprint density at radius 3 is 1.55 bits per heavy atom. The normalized spacial score (nSPS) is 40.5. The van der Waals surface area contributed by atoms with Gasteiger partial charge in [0.15, 0.2) is 0 Å². The van der Waals surface area contributed by atoms with Crippen LogP contribution in [0.3, 0.4) is 0 Å². The van der Waals surface area contributed by atoms with Crippen molar-refractivity contribution in [3.05, 3.63) is 0 Å². The molecule has 0 aliphatic carbocycles. The Morgan fingerprint density at radius 2 is 1.20 bits per heavy atom. The Kier molecular flexibility index (Phi) is 10.6. The van der Waals surface area contributed by atoms with Crippen molar-refractivity contribution >= 4 is 72.5 Å². The van der Waals surface area contributed by atoms with E-state index in [1.54, 1.807) is 0 Å². The van der Waals surface area contributed by atoms with Crippen LogP contribution in [0.15, 0.2) is 0 Å². The van der Waals surface area contributed by atoms with Crippen molar-refractivity contribution < 1.29 is 0 Å². The van der Waals surface area contributed by atoms with Crippen molar-refractivity contribution in [3.63, 3.8) is 0 Å². The third-order valence-electron chi connectivity index (χ3n) is 4.21. The van der Waals surface area contributed by atoms with Gasteiger partial charge in [-0.2, -0.15) is 0 Å². The average Bonchev–Trinajstić information content (AvgIpc) is 2.38. The topological polar surface area (TPSA) is 0 Å². The Bertz CT molecular complexity index is 266. The maximum absolute atomic E-state index is 2.56. The van der Waals surface area contributed by atoms with Crippen LogP contribution in [0.2, 0.25) is 0 Å². The van der Waals surface area contributed by atoms with Crippen molar-refractivity contribution in [3.8, 4) is 0 Å². The molecule has 1 heterocycles. The van der Waals surface area contributed by atoms with Crippen molar-refractivity contribution in [1.82, 2.24) is 0 Å². The Balaban J connectivity index is 2.78. The molecule has 1 aliphatic heterocycles. The zero-order valence-corrected chi connectivity index (χ0v) is 22.6. The van der Waals surface area contributed by atoms with Crippen LogP contribution >= 0.6 is 35.8 Å². The van der Waals surface area contributed by atoms with E-state index in [0.717, 1.165) is 10.5 Å². The second-order valence-electron chi connectivity index (χ2n) is 6.02. The third-order valence-corrected chi connectivity index (χ3v) is 33.0. The van der Waals surface area contributed by atoms with Gasteiger partial charge < -0.3 is 0 Å². The quantitative estimate of drug-likeness (QED) is 0.392. The van der Waals surface area contributed by atoms with Gasteiger partial charge in [0.2, 0.25) is 0 Å². The summed E-state index contributed by atoms with van der Waals surface area (Å²) in [5, 5.41) is 1.74. The van der Waals surface area contributed by atoms with Gasteiger partial charge in [-0.05, 0) is 0 Å². The molecule has 1 saturated heterocycles. The fourth-order valence-corrected chi connectivity index (χ4v) is 39.5. The molecule has 1 fully saturated rings. The summed E-state index contributed by atoms with van der Waals surface area (Å²) in [5.74, 6) is 0. The van der Waals surface area contributed by atoms with Gasteiger partial charge in [0, 0.05) is 0 Å². The molecule has 6 heteroatoms. The molecule has 116 valence electrons. The van der Waals surface area contributed by atoms with Crippen molar-refractivity contribution in [1.29, 1.82) is 0 Å². The zero-order valence-electron chi connectivity index (χ0n) is 13.6. The molecule has 0 aromatic carbocycles. The average molecular weight is 562 g/mol. The molecular formula is C14H28S4Sn2. The summed E-state index contributed by atoms with van der Waals surface area (Å²) in [6.45, 7) is 14.9. The first kappa shape index (κ1) is 21.0. The number of hydrogen-bond donors (Lipinski definition) is 0. The van der Waals surface area contributed by atoms with E-state index in [1.165, 1.54) is 25.7 Å². The van der Waals surface area contributed by atoms with Gasteiger partial charge in [0.1, 0.15) is 0 Å². The van der Waals surface area contributed by atoms with E-state index in [1.807, 2.05) is 0 Å². The SMILES string of the molecule is CCCC1(C)[S][Sn][S]C(C)(CCC)C(C)[S][Sn][S]C1C. The number of hydrogen-bond acceptors (Lipinski definition) is 4. The van der Waals surface area contributed by atoms with Gasteiger partial charge in [0.05, 0.1) is 0 Å². The van der Waals surface area contributed by atoms with E-state index in [-0.39, 0.29) is 36.8 Å². The van der Waals surface area contributed by atoms with Gasteiger partial charge in [-0.3, -0.25) is 0 Å². The van der Waals surface area contributed by atoms with Crippen molar-refractivity contribution in [2.75, 3.05) is 0 Å². The van der Waals surface area contributed by atoms with Crippen LogP contribution in [-0.4, -0.2) is 56.7 Å². The maximum atomic E-state index is 2.56. The van der Waals surface area contributed by atoms with E-state index < -0.39 is 0 Å². The molecule has 0 aromatic rings. The third kappa shape index (κ3) is 6.13. The molecule has 4 unspecified atom stereocenters. The van der Waals surface area contributed by atoms with Crippen LogP contribution in [-0.2, 0) is 0 Å². The first-order valence-corrected chi connectivity index (χ1v) is 24.9. The predicted octanol–water partition coefficient (Wildman–Crippen LogP) is 5.90. The second-order valence-corrected chi connectivity index (χ2v) is 27.6. The summed E-state index contributed by atoms with van der Waals surface area (Å²) < 4.78 is 1.13. The first-order valence-electron chi connectivity index (χ1n) is 7.55. The Morgan fingerprint density at radius 1 is 0.800 bits per heavy atom. The zero-order chi connectivity index (χ0) is 15.2. The van der Waals surface area contributed by atoms with Crippen LogP contribution in [0.4, 0.5) is 0 Å². The van der Waals surface area contributed by atoms with Gasteiger partial charge in [0.25, 0.3) is 0 Å². The summed E-state index contributed by atoms with van der Waals surface area (Å²) in [6.07, 6.45) is 5.52.